The molecule has 1 fully saturated rings. The molecule has 82 valence electrons. The molecular weight excluding hydrogens is 186 g/mol. The van der Waals surface area contributed by atoms with Gasteiger partial charge in [0.2, 0.25) is 0 Å². The van der Waals surface area contributed by atoms with Crippen molar-refractivity contribution in [1.29, 1.82) is 0 Å². The highest BCUT2D eigenvalue weighted by molar-refractivity contribution is 5.72. The molecule has 0 aromatic heterocycles. The Morgan fingerprint density at radius 1 is 1.79 bits per heavy atom. The van der Waals surface area contributed by atoms with Gasteiger partial charge in [-0.3, -0.25) is 4.90 Å². The molecule has 0 aromatic rings. The highest BCUT2D eigenvalue weighted by Crippen LogP contribution is 2.06. The fraction of sp³-hybridized carbons (Fsp3) is 0.889. The van der Waals surface area contributed by atoms with Crippen LogP contribution in [0.3, 0.4) is 0 Å². The van der Waals surface area contributed by atoms with E-state index in [1.165, 1.54) is 0 Å². The summed E-state index contributed by atoms with van der Waals surface area (Å²) in [6.07, 6.45) is -0.560. The van der Waals surface area contributed by atoms with Crippen molar-refractivity contribution in [3.63, 3.8) is 0 Å². The van der Waals surface area contributed by atoms with Gasteiger partial charge >= 0.3 is 5.97 Å². The molecule has 0 amide bonds. The van der Waals surface area contributed by atoms with Crippen LogP contribution in [0.1, 0.15) is 6.92 Å². The lowest BCUT2D eigenvalue weighted by Gasteiger charge is -2.32. The second kappa shape index (κ2) is 5.29. The van der Waals surface area contributed by atoms with Gasteiger partial charge in [0.15, 0.2) is 6.10 Å². The third-order valence-corrected chi connectivity index (χ3v) is 2.34. The second-order valence-electron chi connectivity index (χ2n) is 3.50. The van der Waals surface area contributed by atoms with E-state index in [1.54, 1.807) is 7.11 Å². The van der Waals surface area contributed by atoms with Crippen molar-refractivity contribution >= 4 is 5.97 Å². The zero-order valence-corrected chi connectivity index (χ0v) is 8.60. The minimum absolute atomic E-state index is 0.127. The fourth-order valence-electron chi connectivity index (χ4n) is 1.46. The van der Waals surface area contributed by atoms with E-state index in [-0.39, 0.29) is 6.10 Å². The topological polar surface area (TPSA) is 59.0 Å². The Hall–Kier alpha value is -0.650. The number of hydrogen-bond donors (Lipinski definition) is 1. The van der Waals surface area contributed by atoms with Gasteiger partial charge in [0, 0.05) is 26.7 Å². The van der Waals surface area contributed by atoms with Crippen molar-refractivity contribution in [3.8, 4) is 0 Å². The molecule has 1 rings (SSSR count). The lowest BCUT2D eigenvalue weighted by atomic mass is 10.2. The highest BCUT2D eigenvalue weighted by atomic mass is 16.5. The lowest BCUT2D eigenvalue weighted by molar-refractivity contribution is -0.156. The molecular formula is C9H17NO4. The van der Waals surface area contributed by atoms with Crippen molar-refractivity contribution < 1.29 is 19.4 Å². The van der Waals surface area contributed by atoms with Crippen LogP contribution in [0.25, 0.3) is 0 Å². The molecule has 0 aliphatic carbocycles. The third-order valence-electron chi connectivity index (χ3n) is 2.34. The maximum absolute atomic E-state index is 10.7. The van der Waals surface area contributed by atoms with E-state index in [1.807, 2.05) is 6.92 Å². The van der Waals surface area contributed by atoms with Gasteiger partial charge in [0.05, 0.1) is 12.7 Å². The zero-order valence-electron chi connectivity index (χ0n) is 8.60. The highest BCUT2D eigenvalue weighted by Gasteiger charge is 2.26. The summed E-state index contributed by atoms with van der Waals surface area (Å²) in [4.78, 5) is 12.7. The number of morpholine rings is 1. The van der Waals surface area contributed by atoms with Crippen molar-refractivity contribution in [1.82, 2.24) is 4.90 Å². The summed E-state index contributed by atoms with van der Waals surface area (Å²) < 4.78 is 10.2. The molecule has 1 heterocycles. The molecule has 1 N–H and O–H groups in total. The average molecular weight is 203 g/mol. The van der Waals surface area contributed by atoms with E-state index in [2.05, 4.69) is 4.90 Å². The first-order chi connectivity index (χ1) is 6.63. The van der Waals surface area contributed by atoms with Crippen molar-refractivity contribution in [2.75, 3.05) is 33.4 Å². The molecule has 1 aliphatic heterocycles. The maximum Gasteiger partial charge on any atom is 0.334 e. The van der Waals surface area contributed by atoms with Gasteiger partial charge in [0.25, 0.3) is 0 Å². The number of ether oxygens (including phenoxy) is 2. The summed E-state index contributed by atoms with van der Waals surface area (Å²) in [6, 6.07) is 0. The first-order valence-electron chi connectivity index (χ1n) is 4.73. The second-order valence-corrected chi connectivity index (χ2v) is 3.50. The largest absolute Gasteiger partial charge is 0.479 e. The summed E-state index contributed by atoms with van der Waals surface area (Å²) in [7, 11) is 1.65. The number of rotatable bonds is 4. The van der Waals surface area contributed by atoms with E-state index >= 15 is 0 Å². The van der Waals surface area contributed by atoms with Crippen molar-refractivity contribution in [2.45, 2.75) is 19.1 Å². The van der Waals surface area contributed by atoms with E-state index in [0.717, 1.165) is 13.1 Å². The Morgan fingerprint density at radius 3 is 3.07 bits per heavy atom. The lowest BCUT2D eigenvalue weighted by Crippen LogP contribution is -2.48. The Kier molecular flexibility index (Phi) is 4.31. The molecule has 1 saturated heterocycles. The van der Waals surface area contributed by atoms with Gasteiger partial charge in [-0.15, -0.1) is 0 Å². The van der Waals surface area contributed by atoms with Crippen LogP contribution in [-0.4, -0.2) is 61.5 Å². The van der Waals surface area contributed by atoms with Crippen LogP contribution in [0, 0.1) is 0 Å². The minimum Gasteiger partial charge on any atom is -0.479 e. The summed E-state index contributed by atoms with van der Waals surface area (Å²) >= 11 is 0. The molecule has 14 heavy (non-hydrogen) atoms. The van der Waals surface area contributed by atoms with Gasteiger partial charge in [-0.2, -0.15) is 0 Å². The van der Waals surface area contributed by atoms with Crippen LogP contribution in [-0.2, 0) is 14.3 Å². The number of methoxy groups -OCH3 is 1. The predicted molar refractivity (Wildman–Crippen MR) is 50.3 cm³/mol. The molecule has 0 spiro atoms. The van der Waals surface area contributed by atoms with Crippen LogP contribution in [0.5, 0.6) is 0 Å². The third kappa shape index (κ3) is 3.25. The van der Waals surface area contributed by atoms with E-state index in [0.29, 0.717) is 13.2 Å². The van der Waals surface area contributed by atoms with Gasteiger partial charge in [-0.05, 0) is 6.92 Å². The van der Waals surface area contributed by atoms with Gasteiger partial charge in [-0.1, -0.05) is 0 Å². The normalized spacial score (nSPS) is 26.0. The maximum atomic E-state index is 10.7. The number of nitrogens with zero attached hydrogens (tertiary/aromatic N) is 1. The van der Waals surface area contributed by atoms with Gasteiger partial charge < -0.3 is 14.6 Å². The van der Waals surface area contributed by atoms with E-state index in [9.17, 15) is 4.79 Å². The van der Waals surface area contributed by atoms with Crippen LogP contribution in [0.2, 0.25) is 0 Å². The van der Waals surface area contributed by atoms with Crippen LogP contribution >= 0.6 is 0 Å². The molecule has 0 saturated carbocycles. The van der Waals surface area contributed by atoms with Crippen LogP contribution < -0.4 is 0 Å². The standard InChI is InChI=1S/C9H17NO4/c1-7(13-2)5-10-3-4-14-8(6-10)9(11)12/h7-8H,3-6H2,1-2H3,(H,11,12). The molecule has 5 heteroatoms. The number of aliphatic carboxylic acids is 1. The molecule has 5 nitrogen and oxygen atoms in total. The number of carboxylic acids is 1. The Labute approximate surface area is 83.6 Å². The molecule has 0 radical (unpaired) electrons. The Balaban J connectivity index is 2.36. The number of carboxylic acid groups (broad SMARTS) is 1. The van der Waals surface area contributed by atoms with Gasteiger partial charge in [0.1, 0.15) is 0 Å². The zero-order chi connectivity index (χ0) is 10.6. The first kappa shape index (κ1) is 11.4. The molecule has 1 aliphatic rings. The van der Waals surface area contributed by atoms with Gasteiger partial charge in [-0.25, -0.2) is 4.79 Å². The average Bonchev–Trinajstić information content (AvgIpc) is 2.18. The minimum atomic E-state index is -0.889. The van der Waals surface area contributed by atoms with Crippen LogP contribution in [0.15, 0.2) is 0 Å². The van der Waals surface area contributed by atoms with Crippen LogP contribution in [0.4, 0.5) is 0 Å². The summed E-state index contributed by atoms with van der Waals surface area (Å²) in [5.74, 6) is -0.889. The fourth-order valence-corrected chi connectivity index (χ4v) is 1.46. The van der Waals surface area contributed by atoms with E-state index < -0.39 is 12.1 Å². The number of carbonyl (C=O) groups is 1. The monoisotopic (exact) mass is 203 g/mol. The Morgan fingerprint density at radius 2 is 2.50 bits per heavy atom. The van der Waals surface area contributed by atoms with Crippen molar-refractivity contribution in [3.05, 3.63) is 0 Å². The number of hydrogen-bond acceptors (Lipinski definition) is 4. The SMILES string of the molecule is COC(C)CN1CCOC(C(=O)O)C1. The first-order valence-corrected chi connectivity index (χ1v) is 4.73. The molecule has 0 bridgehead atoms. The molecule has 2 atom stereocenters. The Bertz CT molecular complexity index is 197. The quantitative estimate of drug-likeness (QED) is 0.686. The molecule has 0 aromatic carbocycles. The summed E-state index contributed by atoms with van der Waals surface area (Å²) in [5.41, 5.74) is 0. The van der Waals surface area contributed by atoms with E-state index in [4.69, 9.17) is 14.6 Å². The van der Waals surface area contributed by atoms with Crippen molar-refractivity contribution in [2.24, 2.45) is 0 Å². The summed E-state index contributed by atoms with van der Waals surface area (Å²) in [6.45, 7) is 4.42. The summed E-state index contributed by atoms with van der Waals surface area (Å²) in [5, 5.41) is 8.76. The smallest absolute Gasteiger partial charge is 0.334 e. The predicted octanol–water partition coefficient (Wildman–Crippen LogP) is -0.193. The molecule has 2 unspecified atom stereocenters.